The third-order valence-electron chi connectivity index (χ3n) is 5.43. The molecule has 152 valence electrons. The zero-order valence-electron chi connectivity index (χ0n) is 17.1. The summed E-state index contributed by atoms with van der Waals surface area (Å²) in [6.07, 6.45) is 4.70. The Morgan fingerprint density at radius 3 is 2.64 bits per heavy atom. The van der Waals surface area contributed by atoms with E-state index in [-0.39, 0.29) is 11.8 Å². The summed E-state index contributed by atoms with van der Waals surface area (Å²) in [4.78, 5) is 15.2. The molecule has 1 amide bonds. The molecule has 0 aliphatic heterocycles. The van der Waals surface area contributed by atoms with E-state index >= 15 is 0 Å². The van der Waals surface area contributed by atoms with Crippen molar-refractivity contribution in [3.05, 3.63) is 41.7 Å². The van der Waals surface area contributed by atoms with Crippen molar-refractivity contribution in [1.29, 1.82) is 0 Å². The zero-order chi connectivity index (χ0) is 19.9. The lowest BCUT2D eigenvalue weighted by atomic mass is 9.84. The highest BCUT2D eigenvalue weighted by Gasteiger charge is 2.31. The molecule has 1 aliphatic rings. The van der Waals surface area contributed by atoms with Crippen LogP contribution in [0.3, 0.4) is 0 Å². The summed E-state index contributed by atoms with van der Waals surface area (Å²) in [5, 5.41) is 12.6. The fraction of sp³-hybridized carbons (Fsp3) is 0.571. The number of hydrogen-bond acceptors (Lipinski definition) is 5. The van der Waals surface area contributed by atoms with E-state index in [4.69, 9.17) is 0 Å². The van der Waals surface area contributed by atoms with Crippen LogP contribution in [0.4, 0.5) is 0 Å². The summed E-state index contributed by atoms with van der Waals surface area (Å²) in [7, 11) is 6.09. The molecule has 7 heteroatoms. The molecule has 0 radical (unpaired) electrons. The number of hydrogen-bond donors (Lipinski definition) is 1. The summed E-state index contributed by atoms with van der Waals surface area (Å²) in [5.74, 6) is 2.20. The highest BCUT2D eigenvalue weighted by molar-refractivity contribution is 7.99. The molecular weight excluding hydrogens is 370 g/mol. The van der Waals surface area contributed by atoms with Gasteiger partial charge in [-0.1, -0.05) is 54.9 Å². The third kappa shape index (κ3) is 5.35. The lowest BCUT2D eigenvalue weighted by molar-refractivity contribution is -0.124. The van der Waals surface area contributed by atoms with E-state index in [9.17, 15) is 4.79 Å². The van der Waals surface area contributed by atoms with Crippen LogP contribution in [0.25, 0.3) is 0 Å². The number of benzene rings is 1. The zero-order valence-corrected chi connectivity index (χ0v) is 17.9. The maximum Gasteiger partial charge on any atom is 0.228 e. The summed E-state index contributed by atoms with van der Waals surface area (Å²) < 4.78 is 1.98. The minimum atomic E-state index is -0.0779. The van der Waals surface area contributed by atoms with Gasteiger partial charge in [0, 0.05) is 19.3 Å². The quantitative estimate of drug-likeness (QED) is 0.654. The molecule has 1 aromatic heterocycles. The van der Waals surface area contributed by atoms with E-state index in [1.54, 1.807) is 11.8 Å². The van der Waals surface area contributed by atoms with Gasteiger partial charge in [-0.15, -0.1) is 10.2 Å². The summed E-state index contributed by atoms with van der Waals surface area (Å²) in [6, 6.07) is 10.2. The molecule has 1 unspecified atom stereocenters. The highest BCUT2D eigenvalue weighted by Crippen LogP contribution is 2.37. The van der Waals surface area contributed by atoms with Crippen molar-refractivity contribution in [3.63, 3.8) is 0 Å². The maximum absolute atomic E-state index is 13.1. The molecule has 6 nitrogen and oxygen atoms in total. The van der Waals surface area contributed by atoms with Gasteiger partial charge < -0.3 is 14.8 Å². The van der Waals surface area contributed by atoms with Crippen molar-refractivity contribution in [2.24, 2.45) is 13.0 Å². The van der Waals surface area contributed by atoms with Crippen LogP contribution in [0.5, 0.6) is 0 Å². The first kappa shape index (κ1) is 20.9. The smallest absolute Gasteiger partial charge is 0.228 e. The molecule has 0 saturated heterocycles. The van der Waals surface area contributed by atoms with E-state index < -0.39 is 0 Å². The van der Waals surface area contributed by atoms with Gasteiger partial charge in [-0.3, -0.25) is 4.79 Å². The van der Waals surface area contributed by atoms with Crippen molar-refractivity contribution in [2.45, 2.75) is 43.3 Å². The lowest BCUT2D eigenvalue weighted by Crippen LogP contribution is -2.33. The van der Waals surface area contributed by atoms with Crippen LogP contribution in [0.1, 0.15) is 43.0 Å². The van der Waals surface area contributed by atoms with Gasteiger partial charge in [0.15, 0.2) is 11.0 Å². The Morgan fingerprint density at radius 2 is 1.96 bits per heavy atom. The van der Waals surface area contributed by atoms with Crippen molar-refractivity contribution in [3.8, 4) is 0 Å². The lowest BCUT2D eigenvalue weighted by Gasteiger charge is -2.23. The molecule has 1 aromatic carbocycles. The van der Waals surface area contributed by atoms with Crippen LogP contribution in [0.2, 0.25) is 0 Å². The Labute approximate surface area is 172 Å². The van der Waals surface area contributed by atoms with Gasteiger partial charge in [-0.25, -0.2) is 0 Å². The van der Waals surface area contributed by atoms with Gasteiger partial charge in [0.2, 0.25) is 5.91 Å². The Balaban J connectivity index is 1.62. The molecule has 1 atom stereocenters. The predicted octanol–water partition coefficient (Wildman–Crippen LogP) is 3.06. The van der Waals surface area contributed by atoms with Crippen LogP contribution in [-0.2, 0) is 18.4 Å². The Bertz CT molecular complexity index is 755. The van der Waals surface area contributed by atoms with Crippen molar-refractivity contribution >= 4 is 17.7 Å². The predicted molar refractivity (Wildman–Crippen MR) is 113 cm³/mol. The van der Waals surface area contributed by atoms with Gasteiger partial charge in [0.25, 0.3) is 0 Å². The Hall–Kier alpha value is -1.86. The summed E-state index contributed by atoms with van der Waals surface area (Å²) in [5.41, 5.74) is 1.12. The van der Waals surface area contributed by atoms with Crippen LogP contribution >= 0.6 is 11.8 Å². The molecule has 1 heterocycles. The standard InChI is InChI=1S/C21H31N5OS/c1-25(2)13-14-28-21-24-23-18(26(21)3)15-22-20(27)19(17-11-7-8-12-17)16-9-5-4-6-10-16/h4-6,9-10,17,19H,7-8,11-15H2,1-3H3,(H,22,27). The van der Waals surface area contributed by atoms with Crippen molar-refractivity contribution in [1.82, 2.24) is 25.0 Å². The number of nitrogens with zero attached hydrogens (tertiary/aromatic N) is 4. The number of rotatable bonds is 9. The Kier molecular flexibility index (Phi) is 7.50. The number of amides is 1. The van der Waals surface area contributed by atoms with E-state index in [0.29, 0.717) is 12.5 Å². The highest BCUT2D eigenvalue weighted by atomic mass is 32.2. The van der Waals surface area contributed by atoms with E-state index in [1.807, 2.05) is 29.8 Å². The van der Waals surface area contributed by atoms with Gasteiger partial charge in [-0.05, 0) is 38.4 Å². The molecule has 3 rings (SSSR count). The van der Waals surface area contributed by atoms with E-state index in [2.05, 4.69) is 46.6 Å². The van der Waals surface area contributed by atoms with E-state index in [0.717, 1.165) is 41.7 Å². The molecule has 1 fully saturated rings. The number of aromatic nitrogens is 3. The van der Waals surface area contributed by atoms with Gasteiger partial charge in [-0.2, -0.15) is 0 Å². The molecule has 0 bridgehead atoms. The minimum Gasteiger partial charge on any atom is -0.348 e. The molecule has 1 saturated carbocycles. The largest absolute Gasteiger partial charge is 0.348 e. The monoisotopic (exact) mass is 401 g/mol. The normalized spacial score (nSPS) is 15.9. The average molecular weight is 402 g/mol. The number of thioether (sulfide) groups is 1. The number of carbonyl (C=O) groups excluding carboxylic acids is 1. The second-order valence-electron chi connectivity index (χ2n) is 7.76. The van der Waals surface area contributed by atoms with Gasteiger partial charge >= 0.3 is 0 Å². The second kappa shape index (κ2) is 10.1. The topological polar surface area (TPSA) is 63.1 Å². The first-order valence-electron chi connectivity index (χ1n) is 10.0. The fourth-order valence-corrected chi connectivity index (χ4v) is 4.85. The molecule has 1 aliphatic carbocycles. The first-order chi connectivity index (χ1) is 13.6. The van der Waals surface area contributed by atoms with Crippen LogP contribution in [0, 0.1) is 5.92 Å². The van der Waals surface area contributed by atoms with E-state index in [1.165, 1.54) is 12.8 Å². The summed E-state index contributed by atoms with van der Waals surface area (Å²) >= 11 is 1.69. The third-order valence-corrected chi connectivity index (χ3v) is 6.43. The van der Waals surface area contributed by atoms with Crippen LogP contribution in [0.15, 0.2) is 35.5 Å². The Morgan fingerprint density at radius 1 is 1.25 bits per heavy atom. The summed E-state index contributed by atoms with van der Waals surface area (Å²) in [6.45, 7) is 1.40. The molecule has 1 N–H and O–H groups in total. The molecule has 2 aromatic rings. The molecule has 0 spiro atoms. The number of nitrogens with one attached hydrogen (secondary N) is 1. The minimum absolute atomic E-state index is 0.0779. The average Bonchev–Trinajstić information content (AvgIpc) is 3.32. The SMILES string of the molecule is CN(C)CCSc1nnc(CNC(=O)C(c2ccccc2)C2CCCC2)n1C. The van der Waals surface area contributed by atoms with Crippen LogP contribution < -0.4 is 5.32 Å². The molecular formula is C21H31N5OS. The number of carbonyl (C=O) groups is 1. The van der Waals surface area contributed by atoms with Gasteiger partial charge in [0.05, 0.1) is 12.5 Å². The second-order valence-corrected chi connectivity index (χ2v) is 8.82. The maximum atomic E-state index is 13.1. The van der Waals surface area contributed by atoms with Crippen molar-refractivity contribution in [2.75, 3.05) is 26.4 Å². The fourth-order valence-electron chi connectivity index (χ4n) is 3.81. The molecule has 28 heavy (non-hydrogen) atoms. The van der Waals surface area contributed by atoms with Crippen molar-refractivity contribution < 1.29 is 4.79 Å². The first-order valence-corrected chi connectivity index (χ1v) is 11.0. The van der Waals surface area contributed by atoms with Crippen LogP contribution in [-0.4, -0.2) is 52.0 Å². The van der Waals surface area contributed by atoms with Gasteiger partial charge in [0.1, 0.15) is 0 Å².